The molecule has 0 saturated heterocycles. The van der Waals surface area contributed by atoms with Gasteiger partial charge in [-0.05, 0) is 25.1 Å². The molecule has 0 fully saturated rings. The van der Waals surface area contributed by atoms with Gasteiger partial charge in [0.2, 0.25) is 5.91 Å². The van der Waals surface area contributed by atoms with Crippen molar-refractivity contribution in [3.05, 3.63) is 18.2 Å². The molecular weight excluding hydrogens is 248 g/mol. The first-order valence-corrected chi connectivity index (χ1v) is 6.76. The average molecular weight is 264 g/mol. The average Bonchev–Trinajstić information content (AvgIpc) is 2.70. The van der Waals surface area contributed by atoms with Crippen LogP contribution in [0.2, 0.25) is 0 Å². The Bertz CT molecular complexity index is 563. The maximum Gasteiger partial charge on any atom is 0.228 e. The van der Waals surface area contributed by atoms with E-state index in [1.54, 1.807) is 0 Å². The highest BCUT2D eigenvalue weighted by Crippen LogP contribution is 2.29. The molecule has 0 aliphatic carbocycles. The van der Waals surface area contributed by atoms with E-state index < -0.39 is 0 Å². The number of rotatable bonds is 4. The minimum Gasteiger partial charge on any atom is -0.494 e. The monoisotopic (exact) mass is 264 g/mol. The zero-order valence-corrected chi connectivity index (χ0v) is 11.5. The summed E-state index contributed by atoms with van der Waals surface area (Å²) < 4.78 is 6.45. The summed E-state index contributed by atoms with van der Waals surface area (Å²) >= 11 is 1.46. The normalized spacial score (nSPS) is 10.9. The van der Waals surface area contributed by atoms with Gasteiger partial charge < -0.3 is 10.1 Å². The van der Waals surface area contributed by atoms with E-state index in [9.17, 15) is 4.79 Å². The predicted octanol–water partition coefficient (Wildman–Crippen LogP) is 3.29. The summed E-state index contributed by atoms with van der Waals surface area (Å²) in [6.45, 7) is 6.30. The molecule has 2 aromatic rings. The van der Waals surface area contributed by atoms with Crippen LogP contribution in [0.5, 0.6) is 5.75 Å². The van der Waals surface area contributed by atoms with Crippen molar-refractivity contribution >= 4 is 32.6 Å². The third-order valence-corrected chi connectivity index (χ3v) is 3.36. The topological polar surface area (TPSA) is 51.2 Å². The Morgan fingerprint density at radius 1 is 1.50 bits per heavy atom. The molecule has 0 bridgehead atoms. The molecule has 96 valence electrons. The smallest absolute Gasteiger partial charge is 0.228 e. The molecule has 0 unspecified atom stereocenters. The van der Waals surface area contributed by atoms with Crippen LogP contribution in [-0.4, -0.2) is 17.5 Å². The molecule has 0 spiro atoms. The SMILES string of the molecule is CCOc1ccc2nc(NC(=O)C(C)C)sc2c1. The second kappa shape index (κ2) is 5.35. The van der Waals surface area contributed by atoms with Gasteiger partial charge in [-0.1, -0.05) is 25.2 Å². The van der Waals surface area contributed by atoms with E-state index >= 15 is 0 Å². The summed E-state index contributed by atoms with van der Waals surface area (Å²) in [5.74, 6) is 0.769. The van der Waals surface area contributed by atoms with Gasteiger partial charge in [-0.2, -0.15) is 0 Å². The summed E-state index contributed by atoms with van der Waals surface area (Å²) in [7, 11) is 0. The van der Waals surface area contributed by atoms with Crippen molar-refractivity contribution in [2.75, 3.05) is 11.9 Å². The minimum atomic E-state index is -0.0454. The number of nitrogens with zero attached hydrogens (tertiary/aromatic N) is 1. The number of hydrogen-bond donors (Lipinski definition) is 1. The van der Waals surface area contributed by atoms with E-state index in [4.69, 9.17) is 4.74 Å². The standard InChI is InChI=1S/C13H16N2O2S/c1-4-17-9-5-6-10-11(7-9)18-13(14-10)15-12(16)8(2)3/h5-8H,4H2,1-3H3,(H,14,15,16). The van der Waals surface area contributed by atoms with Gasteiger partial charge in [0.1, 0.15) is 5.75 Å². The Labute approximate surface area is 110 Å². The van der Waals surface area contributed by atoms with Gasteiger partial charge >= 0.3 is 0 Å². The summed E-state index contributed by atoms with van der Waals surface area (Å²) in [5.41, 5.74) is 0.877. The molecular formula is C13H16N2O2S. The third kappa shape index (κ3) is 2.79. The quantitative estimate of drug-likeness (QED) is 0.922. The molecule has 0 atom stereocenters. The van der Waals surface area contributed by atoms with Crippen LogP contribution in [0.4, 0.5) is 5.13 Å². The van der Waals surface area contributed by atoms with Crippen molar-refractivity contribution in [3.63, 3.8) is 0 Å². The number of carbonyl (C=O) groups excluding carboxylic acids is 1. The first-order chi connectivity index (χ1) is 8.60. The molecule has 1 aromatic carbocycles. The van der Waals surface area contributed by atoms with E-state index in [-0.39, 0.29) is 11.8 Å². The maximum atomic E-state index is 11.6. The Morgan fingerprint density at radius 2 is 2.28 bits per heavy atom. The Balaban J connectivity index is 2.24. The molecule has 0 aliphatic heterocycles. The molecule has 0 saturated carbocycles. The zero-order valence-electron chi connectivity index (χ0n) is 10.7. The summed E-state index contributed by atoms with van der Waals surface area (Å²) in [6, 6.07) is 5.74. The fourth-order valence-corrected chi connectivity index (χ4v) is 2.36. The number of hydrogen-bond acceptors (Lipinski definition) is 4. The molecule has 0 radical (unpaired) electrons. The number of nitrogens with one attached hydrogen (secondary N) is 1. The van der Waals surface area contributed by atoms with Crippen molar-refractivity contribution in [1.29, 1.82) is 0 Å². The summed E-state index contributed by atoms with van der Waals surface area (Å²) in [6.07, 6.45) is 0. The van der Waals surface area contributed by atoms with Gasteiger partial charge in [0.25, 0.3) is 0 Å². The molecule has 1 heterocycles. The minimum absolute atomic E-state index is 0.0147. The number of benzene rings is 1. The van der Waals surface area contributed by atoms with Crippen LogP contribution >= 0.6 is 11.3 Å². The fourth-order valence-electron chi connectivity index (χ4n) is 1.46. The summed E-state index contributed by atoms with van der Waals surface area (Å²) in [4.78, 5) is 16.0. The highest BCUT2D eigenvalue weighted by molar-refractivity contribution is 7.22. The van der Waals surface area contributed by atoms with Gasteiger partial charge in [-0.25, -0.2) is 4.98 Å². The number of amides is 1. The van der Waals surface area contributed by atoms with E-state index in [1.807, 2.05) is 39.0 Å². The van der Waals surface area contributed by atoms with Gasteiger partial charge in [0.15, 0.2) is 5.13 Å². The lowest BCUT2D eigenvalue weighted by atomic mass is 10.2. The molecule has 1 amide bonds. The third-order valence-electron chi connectivity index (χ3n) is 2.43. The van der Waals surface area contributed by atoms with Gasteiger partial charge in [0.05, 0.1) is 16.8 Å². The highest BCUT2D eigenvalue weighted by Gasteiger charge is 2.11. The van der Waals surface area contributed by atoms with Crippen LogP contribution < -0.4 is 10.1 Å². The maximum absolute atomic E-state index is 11.6. The molecule has 4 nitrogen and oxygen atoms in total. The van der Waals surface area contributed by atoms with E-state index in [0.717, 1.165) is 16.0 Å². The Morgan fingerprint density at radius 3 is 2.94 bits per heavy atom. The lowest BCUT2D eigenvalue weighted by molar-refractivity contribution is -0.118. The Kier molecular flexibility index (Phi) is 3.81. The van der Waals surface area contributed by atoms with E-state index in [2.05, 4.69) is 10.3 Å². The first-order valence-electron chi connectivity index (χ1n) is 5.94. The van der Waals surface area contributed by atoms with Crippen molar-refractivity contribution in [1.82, 2.24) is 4.98 Å². The number of thiazole rings is 1. The number of anilines is 1. The van der Waals surface area contributed by atoms with Crippen LogP contribution in [-0.2, 0) is 4.79 Å². The molecule has 2 rings (SSSR count). The molecule has 5 heteroatoms. The molecule has 1 N–H and O–H groups in total. The van der Waals surface area contributed by atoms with Crippen LogP contribution in [0.1, 0.15) is 20.8 Å². The number of fused-ring (bicyclic) bond motifs is 1. The van der Waals surface area contributed by atoms with Crippen molar-refractivity contribution in [2.45, 2.75) is 20.8 Å². The lowest BCUT2D eigenvalue weighted by Crippen LogP contribution is -2.17. The fraction of sp³-hybridized carbons (Fsp3) is 0.385. The number of carbonyl (C=O) groups is 1. The van der Waals surface area contributed by atoms with Crippen LogP contribution in [0, 0.1) is 5.92 Å². The number of ether oxygens (including phenoxy) is 1. The highest BCUT2D eigenvalue weighted by atomic mass is 32.1. The van der Waals surface area contributed by atoms with Crippen LogP contribution in [0.15, 0.2) is 18.2 Å². The zero-order chi connectivity index (χ0) is 13.1. The van der Waals surface area contributed by atoms with E-state index in [0.29, 0.717) is 11.7 Å². The lowest BCUT2D eigenvalue weighted by Gasteiger charge is -2.02. The van der Waals surface area contributed by atoms with E-state index in [1.165, 1.54) is 11.3 Å². The van der Waals surface area contributed by atoms with Crippen molar-refractivity contribution in [2.24, 2.45) is 5.92 Å². The molecule has 18 heavy (non-hydrogen) atoms. The predicted molar refractivity (Wildman–Crippen MR) is 74.3 cm³/mol. The number of aromatic nitrogens is 1. The molecule has 1 aromatic heterocycles. The van der Waals surface area contributed by atoms with Gasteiger partial charge in [-0.15, -0.1) is 0 Å². The van der Waals surface area contributed by atoms with Gasteiger partial charge in [0, 0.05) is 5.92 Å². The second-order valence-electron chi connectivity index (χ2n) is 4.23. The van der Waals surface area contributed by atoms with Crippen LogP contribution in [0.3, 0.4) is 0 Å². The van der Waals surface area contributed by atoms with Crippen LogP contribution in [0.25, 0.3) is 10.2 Å². The summed E-state index contributed by atoms with van der Waals surface area (Å²) in [5, 5.41) is 3.45. The van der Waals surface area contributed by atoms with Gasteiger partial charge in [-0.3, -0.25) is 4.79 Å². The van der Waals surface area contributed by atoms with Crippen molar-refractivity contribution in [3.8, 4) is 5.75 Å². The Hall–Kier alpha value is -1.62. The first kappa shape index (κ1) is 12.8. The molecule has 0 aliphatic rings. The second-order valence-corrected chi connectivity index (χ2v) is 5.26. The largest absolute Gasteiger partial charge is 0.494 e. The van der Waals surface area contributed by atoms with Crippen molar-refractivity contribution < 1.29 is 9.53 Å².